The fraction of sp³-hybridized carbons (Fsp3) is 0.632. The molecule has 1 aliphatic carbocycles. The molecule has 0 bridgehead atoms. The van der Waals surface area contributed by atoms with Gasteiger partial charge in [0.2, 0.25) is 15.9 Å². The summed E-state index contributed by atoms with van der Waals surface area (Å²) < 4.78 is 27.5. The van der Waals surface area contributed by atoms with Crippen LogP contribution in [0.4, 0.5) is 0 Å². The Kier molecular flexibility index (Phi) is 5.03. The second-order valence-corrected chi connectivity index (χ2v) is 9.45. The van der Waals surface area contributed by atoms with Crippen molar-refractivity contribution in [3.8, 4) is 0 Å². The van der Waals surface area contributed by atoms with Crippen LogP contribution >= 0.6 is 0 Å². The summed E-state index contributed by atoms with van der Waals surface area (Å²) >= 11 is 0. The quantitative estimate of drug-likeness (QED) is 0.858. The van der Waals surface area contributed by atoms with E-state index in [0.29, 0.717) is 31.1 Å². The van der Waals surface area contributed by atoms with Crippen molar-refractivity contribution in [1.29, 1.82) is 0 Å². The van der Waals surface area contributed by atoms with Crippen molar-refractivity contribution in [2.75, 3.05) is 32.7 Å². The fourth-order valence-corrected chi connectivity index (χ4v) is 5.76. The van der Waals surface area contributed by atoms with Gasteiger partial charge in [0, 0.05) is 26.2 Å². The standard InChI is InChI=1S/C19H27N3O3S/c23-19(18-6-1-2-9-20-18)21-10-12-22(13-11-21)26(24,25)17-8-7-15-4-3-5-16(15)14-17/h7-8,14,18,20H,1-6,9-13H2. The molecular formula is C19H27N3O3S. The predicted octanol–water partition coefficient (Wildman–Crippen LogP) is 1.15. The Balaban J connectivity index is 1.41. The number of rotatable bonds is 3. The molecule has 1 N–H and O–H groups in total. The van der Waals surface area contributed by atoms with Gasteiger partial charge in [-0.1, -0.05) is 12.5 Å². The summed E-state index contributed by atoms with van der Waals surface area (Å²) in [5.41, 5.74) is 2.45. The SMILES string of the molecule is O=C(C1CCCCN1)N1CCN(S(=O)(=O)c2ccc3c(c2)CCC3)CC1. The van der Waals surface area contributed by atoms with Crippen molar-refractivity contribution < 1.29 is 13.2 Å². The molecule has 1 aromatic rings. The number of benzene rings is 1. The highest BCUT2D eigenvalue weighted by molar-refractivity contribution is 7.89. The molecule has 0 saturated carbocycles. The third-order valence-corrected chi connectivity index (χ3v) is 7.76. The minimum Gasteiger partial charge on any atom is -0.339 e. The summed E-state index contributed by atoms with van der Waals surface area (Å²) in [5, 5.41) is 3.28. The molecule has 3 aliphatic rings. The highest BCUT2D eigenvalue weighted by Crippen LogP contribution is 2.27. The molecule has 4 rings (SSSR count). The lowest BCUT2D eigenvalue weighted by atomic mass is 10.0. The number of hydrogen-bond donors (Lipinski definition) is 1. The van der Waals surface area contributed by atoms with Gasteiger partial charge in [-0.25, -0.2) is 8.42 Å². The molecular weight excluding hydrogens is 350 g/mol. The molecule has 2 fully saturated rings. The number of aryl methyl sites for hydroxylation is 2. The number of piperidine rings is 1. The lowest BCUT2D eigenvalue weighted by Crippen LogP contribution is -2.55. The summed E-state index contributed by atoms with van der Waals surface area (Å²) in [5.74, 6) is 0.124. The zero-order chi connectivity index (χ0) is 18.1. The van der Waals surface area contributed by atoms with Crippen LogP contribution in [0.15, 0.2) is 23.1 Å². The molecule has 7 heteroatoms. The first-order valence-corrected chi connectivity index (χ1v) is 11.1. The Labute approximate surface area is 155 Å². The van der Waals surface area contributed by atoms with Crippen molar-refractivity contribution in [3.63, 3.8) is 0 Å². The minimum absolute atomic E-state index is 0.0939. The molecule has 1 amide bonds. The summed E-state index contributed by atoms with van der Waals surface area (Å²) in [6.45, 7) is 2.58. The molecule has 1 atom stereocenters. The average molecular weight is 378 g/mol. The highest BCUT2D eigenvalue weighted by Gasteiger charge is 2.33. The number of sulfonamides is 1. The average Bonchev–Trinajstić information content (AvgIpc) is 3.16. The van der Waals surface area contributed by atoms with Crippen molar-refractivity contribution in [3.05, 3.63) is 29.3 Å². The monoisotopic (exact) mass is 377 g/mol. The Hall–Kier alpha value is -1.44. The van der Waals surface area contributed by atoms with Crippen LogP contribution in [0.5, 0.6) is 0 Å². The molecule has 0 aromatic heterocycles. The molecule has 1 unspecified atom stereocenters. The predicted molar refractivity (Wildman–Crippen MR) is 99.4 cm³/mol. The first-order chi connectivity index (χ1) is 12.6. The lowest BCUT2D eigenvalue weighted by Gasteiger charge is -2.36. The number of carbonyl (C=O) groups is 1. The Morgan fingerprint density at radius 3 is 2.50 bits per heavy atom. The van der Waals surface area contributed by atoms with Crippen LogP contribution in [0.3, 0.4) is 0 Å². The molecule has 142 valence electrons. The van der Waals surface area contributed by atoms with E-state index in [1.807, 2.05) is 17.0 Å². The smallest absolute Gasteiger partial charge is 0.243 e. The van der Waals surface area contributed by atoms with Crippen molar-refractivity contribution >= 4 is 15.9 Å². The van der Waals surface area contributed by atoms with Crippen LogP contribution in [0, 0.1) is 0 Å². The molecule has 1 aromatic carbocycles. The van der Waals surface area contributed by atoms with Gasteiger partial charge < -0.3 is 10.2 Å². The zero-order valence-electron chi connectivity index (χ0n) is 15.1. The normalized spacial score (nSPS) is 24.5. The van der Waals surface area contributed by atoms with Gasteiger partial charge in [0.15, 0.2) is 0 Å². The molecule has 2 aliphatic heterocycles. The van der Waals surface area contributed by atoms with E-state index in [9.17, 15) is 13.2 Å². The zero-order valence-corrected chi connectivity index (χ0v) is 15.9. The molecule has 2 heterocycles. The van der Waals surface area contributed by atoms with E-state index < -0.39 is 10.0 Å². The van der Waals surface area contributed by atoms with Crippen molar-refractivity contribution in [2.24, 2.45) is 0 Å². The van der Waals surface area contributed by atoms with Crippen LogP contribution in [0.2, 0.25) is 0 Å². The molecule has 6 nitrogen and oxygen atoms in total. The molecule has 26 heavy (non-hydrogen) atoms. The van der Waals surface area contributed by atoms with Crippen molar-refractivity contribution in [1.82, 2.24) is 14.5 Å². The van der Waals surface area contributed by atoms with E-state index in [1.54, 1.807) is 6.07 Å². The minimum atomic E-state index is -3.48. The van der Waals surface area contributed by atoms with E-state index in [4.69, 9.17) is 0 Å². The van der Waals surface area contributed by atoms with Crippen LogP contribution in [0.1, 0.15) is 36.8 Å². The third-order valence-electron chi connectivity index (χ3n) is 5.87. The van der Waals surface area contributed by atoms with E-state index in [1.165, 1.54) is 15.4 Å². The first kappa shape index (κ1) is 17.9. The molecule has 2 saturated heterocycles. The maximum absolute atomic E-state index is 13.0. The highest BCUT2D eigenvalue weighted by atomic mass is 32.2. The van der Waals surface area contributed by atoms with Gasteiger partial charge in [0.1, 0.15) is 0 Å². The number of nitrogens with one attached hydrogen (secondary N) is 1. The number of fused-ring (bicyclic) bond motifs is 1. The molecule has 0 spiro atoms. The van der Waals surface area contributed by atoms with Crippen molar-refractivity contribution in [2.45, 2.75) is 49.5 Å². The number of hydrogen-bond acceptors (Lipinski definition) is 4. The fourth-order valence-electron chi connectivity index (χ4n) is 4.29. The molecule has 0 radical (unpaired) electrons. The van der Waals surface area contributed by atoms with Gasteiger partial charge in [-0.15, -0.1) is 0 Å². The van der Waals surface area contributed by atoms with Crippen LogP contribution in [-0.2, 0) is 27.7 Å². The maximum Gasteiger partial charge on any atom is 0.243 e. The second-order valence-electron chi connectivity index (χ2n) is 7.52. The largest absolute Gasteiger partial charge is 0.339 e. The van der Waals surface area contributed by atoms with Crippen LogP contribution in [0.25, 0.3) is 0 Å². The number of amides is 1. The first-order valence-electron chi connectivity index (χ1n) is 9.70. The summed E-state index contributed by atoms with van der Waals surface area (Å²) in [4.78, 5) is 14.8. The Morgan fingerprint density at radius 1 is 1.00 bits per heavy atom. The van der Waals surface area contributed by atoms with Gasteiger partial charge in [0.25, 0.3) is 0 Å². The summed E-state index contributed by atoms with van der Waals surface area (Å²) in [7, 11) is -3.48. The van der Waals surface area contributed by atoms with E-state index >= 15 is 0 Å². The lowest BCUT2D eigenvalue weighted by molar-refractivity contribution is -0.135. The third kappa shape index (κ3) is 3.40. The number of carbonyl (C=O) groups excluding carboxylic acids is 1. The maximum atomic E-state index is 13.0. The number of piperazine rings is 1. The van der Waals surface area contributed by atoms with Gasteiger partial charge in [-0.05, 0) is 61.9 Å². The second kappa shape index (κ2) is 7.29. The van der Waals surface area contributed by atoms with Gasteiger partial charge >= 0.3 is 0 Å². The summed E-state index contributed by atoms with van der Waals surface area (Å²) in [6.07, 6.45) is 6.20. The van der Waals surface area contributed by atoms with Gasteiger partial charge in [-0.2, -0.15) is 4.31 Å². The topological polar surface area (TPSA) is 69.7 Å². The summed E-state index contributed by atoms with van der Waals surface area (Å²) in [6, 6.07) is 5.46. The Morgan fingerprint density at radius 2 is 1.77 bits per heavy atom. The Bertz CT molecular complexity index is 779. The van der Waals surface area contributed by atoms with E-state index in [-0.39, 0.29) is 11.9 Å². The van der Waals surface area contributed by atoms with Crippen LogP contribution in [-0.4, -0.2) is 62.3 Å². The van der Waals surface area contributed by atoms with Gasteiger partial charge in [0.05, 0.1) is 10.9 Å². The van der Waals surface area contributed by atoms with E-state index in [2.05, 4.69) is 5.32 Å². The van der Waals surface area contributed by atoms with Gasteiger partial charge in [-0.3, -0.25) is 4.79 Å². The van der Waals surface area contributed by atoms with Crippen LogP contribution < -0.4 is 5.32 Å². The van der Waals surface area contributed by atoms with E-state index in [0.717, 1.165) is 45.1 Å². The number of nitrogens with zero attached hydrogens (tertiary/aromatic N) is 2.